The quantitative estimate of drug-likeness (QED) is 0.405. The van der Waals surface area contributed by atoms with E-state index in [1.165, 1.54) is 0 Å². The highest BCUT2D eigenvalue weighted by atomic mass is 127. The fourth-order valence-electron chi connectivity index (χ4n) is 1.02. The summed E-state index contributed by atoms with van der Waals surface area (Å²) in [5.41, 5.74) is 1.81. The van der Waals surface area contributed by atoms with Crippen LogP contribution in [0.1, 0.15) is 15.9 Å². The minimum absolute atomic E-state index is 0.128. The third-order valence-electron chi connectivity index (χ3n) is 1.69. The Morgan fingerprint density at radius 1 is 1.54 bits per heavy atom. The van der Waals surface area contributed by atoms with Gasteiger partial charge in [0.05, 0.1) is 5.33 Å². The Hall–Kier alpha value is 0.580. The zero-order valence-corrected chi connectivity index (χ0v) is 12.2. The number of Topliss-reactive ketones (excluding diaryl/α,β-unsaturated/α-hetero) is 1. The molecule has 0 unspecified atom stereocenters. The van der Waals surface area contributed by atoms with E-state index in [1.54, 1.807) is 0 Å². The highest BCUT2D eigenvalue weighted by Crippen LogP contribution is 2.23. The first-order chi connectivity index (χ1) is 6.06. The lowest BCUT2D eigenvalue weighted by atomic mass is 10.1. The fourth-order valence-corrected chi connectivity index (χ4v) is 2.25. The van der Waals surface area contributed by atoms with Gasteiger partial charge in [0.2, 0.25) is 0 Å². The van der Waals surface area contributed by atoms with Crippen LogP contribution in [0.3, 0.4) is 0 Å². The van der Waals surface area contributed by atoms with Crippen LogP contribution in [0.4, 0.5) is 0 Å². The second kappa shape index (κ2) is 4.89. The molecule has 0 fully saturated rings. The third-order valence-corrected chi connectivity index (χ3v) is 4.49. The van der Waals surface area contributed by atoms with Crippen molar-refractivity contribution in [1.82, 2.24) is 0 Å². The first kappa shape index (κ1) is 11.7. The minimum atomic E-state index is 0.128. The Labute approximate surface area is 108 Å². The van der Waals surface area contributed by atoms with Gasteiger partial charge in [0.1, 0.15) is 0 Å². The highest BCUT2D eigenvalue weighted by molar-refractivity contribution is 14.1. The van der Waals surface area contributed by atoms with Crippen LogP contribution in [-0.4, -0.2) is 11.1 Å². The molecule has 0 amide bonds. The number of halogens is 3. The number of hydrogen-bond acceptors (Lipinski definition) is 1. The van der Waals surface area contributed by atoms with Crippen LogP contribution >= 0.6 is 54.5 Å². The number of alkyl halides is 1. The second-order valence-corrected chi connectivity index (χ2v) is 5.22. The van der Waals surface area contributed by atoms with Gasteiger partial charge in [-0.2, -0.15) is 0 Å². The molecule has 0 bridgehead atoms. The summed E-state index contributed by atoms with van der Waals surface area (Å²) in [6.07, 6.45) is 0. The molecule has 0 saturated heterocycles. The molecule has 0 atom stereocenters. The van der Waals surface area contributed by atoms with Crippen molar-refractivity contribution in [2.75, 3.05) is 5.33 Å². The average Bonchev–Trinajstić information content (AvgIpc) is 2.10. The van der Waals surface area contributed by atoms with Crippen molar-refractivity contribution in [2.45, 2.75) is 6.92 Å². The first-order valence-electron chi connectivity index (χ1n) is 3.61. The highest BCUT2D eigenvalue weighted by Gasteiger charge is 2.09. The zero-order valence-electron chi connectivity index (χ0n) is 6.90. The monoisotopic (exact) mass is 416 g/mol. The van der Waals surface area contributed by atoms with Crippen molar-refractivity contribution in [3.05, 3.63) is 31.3 Å². The molecule has 0 heterocycles. The molecule has 0 aliphatic rings. The lowest BCUT2D eigenvalue weighted by molar-refractivity contribution is 0.102. The maximum Gasteiger partial charge on any atom is 0.173 e. The van der Waals surface area contributed by atoms with Gasteiger partial charge < -0.3 is 0 Å². The van der Waals surface area contributed by atoms with Crippen LogP contribution in [0.25, 0.3) is 0 Å². The van der Waals surface area contributed by atoms with E-state index in [0.717, 1.165) is 19.2 Å². The van der Waals surface area contributed by atoms with Crippen molar-refractivity contribution in [3.8, 4) is 0 Å². The molecule has 0 aliphatic carbocycles. The van der Waals surface area contributed by atoms with Crippen molar-refractivity contribution >= 4 is 60.2 Å². The lowest BCUT2D eigenvalue weighted by Crippen LogP contribution is -2.03. The molecule has 0 saturated carbocycles. The van der Waals surface area contributed by atoms with Crippen LogP contribution in [0.5, 0.6) is 0 Å². The standard InChI is InChI=1S/C9H7Br2IO/c1-5-2-7(11)8(12)3-6(5)9(13)4-10/h2-3H,4H2,1H3. The van der Waals surface area contributed by atoms with Gasteiger partial charge in [-0.3, -0.25) is 4.79 Å². The van der Waals surface area contributed by atoms with Gasteiger partial charge in [0.15, 0.2) is 5.78 Å². The van der Waals surface area contributed by atoms with Gasteiger partial charge in [0, 0.05) is 13.6 Å². The van der Waals surface area contributed by atoms with E-state index in [4.69, 9.17) is 0 Å². The second-order valence-electron chi connectivity index (χ2n) is 2.64. The maximum absolute atomic E-state index is 11.4. The van der Waals surface area contributed by atoms with Crippen LogP contribution in [0, 0.1) is 10.5 Å². The summed E-state index contributed by atoms with van der Waals surface area (Å²) in [6, 6.07) is 3.88. The fraction of sp³-hybridized carbons (Fsp3) is 0.222. The molecule has 70 valence electrons. The third kappa shape index (κ3) is 2.76. The number of aryl methyl sites for hydroxylation is 1. The van der Waals surface area contributed by atoms with E-state index in [1.807, 2.05) is 19.1 Å². The maximum atomic E-state index is 11.4. The molecular weight excluding hydrogens is 411 g/mol. The van der Waals surface area contributed by atoms with E-state index in [0.29, 0.717) is 5.33 Å². The Kier molecular flexibility index (Phi) is 4.38. The minimum Gasteiger partial charge on any atom is -0.293 e. The number of rotatable bonds is 2. The van der Waals surface area contributed by atoms with Gasteiger partial charge >= 0.3 is 0 Å². The predicted molar refractivity (Wildman–Crippen MR) is 69.7 cm³/mol. The van der Waals surface area contributed by atoms with Crippen molar-refractivity contribution in [2.24, 2.45) is 0 Å². The topological polar surface area (TPSA) is 17.1 Å². The smallest absolute Gasteiger partial charge is 0.173 e. The molecule has 4 heteroatoms. The first-order valence-corrected chi connectivity index (χ1v) is 6.60. The molecule has 1 nitrogen and oxygen atoms in total. The zero-order chi connectivity index (χ0) is 10.0. The van der Waals surface area contributed by atoms with Crippen LogP contribution < -0.4 is 0 Å². The predicted octanol–water partition coefficient (Wildman–Crippen LogP) is 3.94. The summed E-state index contributed by atoms with van der Waals surface area (Å²) in [6.45, 7) is 1.94. The van der Waals surface area contributed by atoms with Crippen LogP contribution in [-0.2, 0) is 0 Å². The Bertz CT molecular complexity index is 350. The van der Waals surface area contributed by atoms with Crippen molar-refractivity contribution in [1.29, 1.82) is 0 Å². The number of hydrogen-bond donors (Lipinski definition) is 0. The molecule has 0 N–H and O–H groups in total. The molecule has 0 spiro atoms. The van der Waals surface area contributed by atoms with Gasteiger partial charge in [-0.15, -0.1) is 0 Å². The molecule has 13 heavy (non-hydrogen) atoms. The van der Waals surface area contributed by atoms with Gasteiger partial charge in [-0.1, -0.05) is 15.9 Å². The summed E-state index contributed by atoms with van der Waals surface area (Å²) < 4.78 is 2.10. The van der Waals surface area contributed by atoms with E-state index in [-0.39, 0.29) is 5.78 Å². The number of benzene rings is 1. The van der Waals surface area contributed by atoms with Crippen LogP contribution in [0.2, 0.25) is 0 Å². The molecule has 1 aromatic rings. The number of carbonyl (C=O) groups is 1. The summed E-state index contributed by atoms with van der Waals surface area (Å²) >= 11 is 8.79. The number of ketones is 1. The Morgan fingerprint density at radius 2 is 2.15 bits per heavy atom. The summed E-state index contributed by atoms with van der Waals surface area (Å²) in [4.78, 5) is 11.4. The summed E-state index contributed by atoms with van der Waals surface area (Å²) in [5, 5.41) is 0.381. The Balaban J connectivity index is 3.23. The molecule has 0 aliphatic heterocycles. The van der Waals surface area contributed by atoms with Crippen molar-refractivity contribution in [3.63, 3.8) is 0 Å². The summed E-state index contributed by atoms with van der Waals surface area (Å²) in [7, 11) is 0. The van der Waals surface area contributed by atoms with E-state index in [2.05, 4.69) is 54.5 Å². The molecule has 1 rings (SSSR count). The van der Waals surface area contributed by atoms with E-state index in [9.17, 15) is 4.79 Å². The molecule has 1 aromatic carbocycles. The van der Waals surface area contributed by atoms with Gasteiger partial charge in [-0.25, -0.2) is 0 Å². The van der Waals surface area contributed by atoms with Gasteiger partial charge in [0.25, 0.3) is 0 Å². The van der Waals surface area contributed by atoms with Gasteiger partial charge in [-0.05, 0) is 63.1 Å². The summed E-state index contributed by atoms with van der Waals surface area (Å²) in [5.74, 6) is 0.128. The SMILES string of the molecule is Cc1cc(Br)c(I)cc1C(=O)CBr. The van der Waals surface area contributed by atoms with Crippen molar-refractivity contribution < 1.29 is 4.79 Å². The lowest BCUT2D eigenvalue weighted by Gasteiger charge is -2.05. The number of carbonyl (C=O) groups excluding carboxylic acids is 1. The van der Waals surface area contributed by atoms with E-state index < -0.39 is 0 Å². The Morgan fingerprint density at radius 3 is 2.69 bits per heavy atom. The van der Waals surface area contributed by atoms with E-state index >= 15 is 0 Å². The normalized spacial score (nSPS) is 10.2. The molecule has 0 aromatic heterocycles. The largest absolute Gasteiger partial charge is 0.293 e. The average molecular weight is 418 g/mol. The van der Waals surface area contributed by atoms with Crippen LogP contribution in [0.15, 0.2) is 16.6 Å². The molecular formula is C9H7Br2IO. The molecule has 0 radical (unpaired) electrons.